The number of hydrogen-bond acceptors (Lipinski definition) is 5. The number of likely N-dealkylation sites (N-methyl/N-ethyl adjacent to an activating group) is 1. The Morgan fingerprint density at radius 3 is 2.56 bits per heavy atom. The third kappa shape index (κ3) is 8.02. The summed E-state index contributed by atoms with van der Waals surface area (Å²) in [6, 6.07) is 4.28. The Bertz CT molecular complexity index is 697. The van der Waals surface area contributed by atoms with Crippen molar-refractivity contribution >= 4 is 35.8 Å². The van der Waals surface area contributed by atoms with Gasteiger partial charge in [-0.3, -0.25) is 0 Å². The molecule has 2 aliphatic rings. The zero-order valence-corrected chi connectivity index (χ0v) is 22.9. The van der Waals surface area contributed by atoms with Crippen LogP contribution in [0.5, 0.6) is 0 Å². The number of rotatable bonds is 6. The van der Waals surface area contributed by atoms with Crippen LogP contribution >= 0.6 is 24.0 Å². The van der Waals surface area contributed by atoms with Crippen LogP contribution in [0.15, 0.2) is 23.3 Å². The van der Waals surface area contributed by atoms with Gasteiger partial charge in [0.2, 0.25) is 0 Å². The molecule has 0 bridgehead atoms. The number of halogens is 1. The molecule has 0 amide bonds. The lowest BCUT2D eigenvalue weighted by Crippen LogP contribution is -2.47. The highest BCUT2D eigenvalue weighted by Gasteiger charge is 2.35. The molecule has 2 atom stereocenters. The van der Waals surface area contributed by atoms with Gasteiger partial charge in [0.25, 0.3) is 0 Å². The van der Waals surface area contributed by atoms with Crippen LogP contribution in [0.2, 0.25) is 0 Å². The van der Waals surface area contributed by atoms with Crippen molar-refractivity contribution in [2.45, 2.75) is 53.2 Å². The first kappa shape index (κ1) is 27.1. The average Bonchev–Trinajstić information content (AvgIpc) is 2.76. The first-order valence-electron chi connectivity index (χ1n) is 11.9. The number of hydrogen-bond donors (Lipinski definition) is 2. The maximum absolute atomic E-state index is 6.13. The van der Waals surface area contributed by atoms with Crippen molar-refractivity contribution in [3.05, 3.63) is 23.9 Å². The molecule has 1 aromatic heterocycles. The van der Waals surface area contributed by atoms with Crippen LogP contribution < -0.4 is 15.5 Å². The van der Waals surface area contributed by atoms with Crippen molar-refractivity contribution in [3.63, 3.8) is 0 Å². The molecule has 3 rings (SSSR count). The molecule has 0 aliphatic carbocycles. The summed E-state index contributed by atoms with van der Waals surface area (Å²) in [5, 5.41) is 6.93. The van der Waals surface area contributed by atoms with E-state index in [9.17, 15) is 0 Å². The molecular weight excluding hydrogens is 515 g/mol. The number of pyridine rings is 1. The van der Waals surface area contributed by atoms with Crippen molar-refractivity contribution in [1.29, 1.82) is 0 Å². The van der Waals surface area contributed by atoms with E-state index >= 15 is 0 Å². The molecule has 7 nitrogen and oxygen atoms in total. The summed E-state index contributed by atoms with van der Waals surface area (Å²) in [5.74, 6) is 2.43. The van der Waals surface area contributed by atoms with Crippen LogP contribution in [0.25, 0.3) is 0 Å². The highest BCUT2D eigenvalue weighted by Crippen LogP contribution is 2.33. The molecule has 2 saturated heterocycles. The minimum absolute atomic E-state index is 0. The molecule has 0 saturated carbocycles. The van der Waals surface area contributed by atoms with E-state index in [-0.39, 0.29) is 35.5 Å². The summed E-state index contributed by atoms with van der Waals surface area (Å²) in [7, 11) is 2.17. The van der Waals surface area contributed by atoms with E-state index in [1.807, 2.05) is 6.20 Å². The van der Waals surface area contributed by atoms with Crippen molar-refractivity contribution in [2.75, 3.05) is 57.8 Å². The average molecular weight is 559 g/mol. The van der Waals surface area contributed by atoms with Crippen LogP contribution in [0, 0.1) is 11.3 Å². The molecule has 0 radical (unpaired) electrons. The van der Waals surface area contributed by atoms with Crippen LogP contribution in [-0.2, 0) is 11.3 Å². The van der Waals surface area contributed by atoms with Gasteiger partial charge in [-0.1, -0.05) is 26.8 Å². The van der Waals surface area contributed by atoms with Crippen molar-refractivity contribution in [2.24, 2.45) is 16.3 Å². The van der Waals surface area contributed by atoms with Crippen LogP contribution in [0.1, 0.15) is 46.1 Å². The molecular formula is C24H43IN6O. The van der Waals surface area contributed by atoms with Crippen LogP contribution in [0.3, 0.4) is 0 Å². The van der Waals surface area contributed by atoms with Gasteiger partial charge < -0.3 is 25.2 Å². The third-order valence-electron chi connectivity index (χ3n) is 6.23. The molecule has 2 N–H and O–H groups in total. The summed E-state index contributed by atoms with van der Waals surface area (Å²) in [6.45, 7) is 16.4. The number of ether oxygens (including phenoxy) is 1. The SMILES string of the molecule is CCNC(=NCc1ccc(N2CCN(C)CC2)nc1)NCC1CCCOC1C(C)(C)C.I. The Hall–Kier alpha value is -1.13. The van der Waals surface area contributed by atoms with Crippen molar-refractivity contribution < 1.29 is 4.74 Å². The number of anilines is 1. The molecule has 0 spiro atoms. The standard InChI is InChI=1S/C24H42N6O.HI/c1-6-25-23(28-18-20-8-7-15-31-22(20)24(2,3)4)27-17-19-9-10-21(26-16-19)30-13-11-29(5)12-14-30;/h9-10,16,20,22H,6-8,11-15,17-18H2,1-5H3,(H2,25,27,28);1H. The minimum atomic E-state index is 0. The van der Waals surface area contributed by atoms with Gasteiger partial charge >= 0.3 is 0 Å². The highest BCUT2D eigenvalue weighted by molar-refractivity contribution is 14.0. The van der Waals surface area contributed by atoms with Gasteiger partial charge in [0, 0.05) is 58.0 Å². The van der Waals surface area contributed by atoms with E-state index in [2.05, 4.69) is 72.3 Å². The normalized spacial score (nSPS) is 22.9. The zero-order valence-electron chi connectivity index (χ0n) is 20.6. The van der Waals surface area contributed by atoms with Gasteiger partial charge in [-0.25, -0.2) is 9.98 Å². The Morgan fingerprint density at radius 1 is 1.19 bits per heavy atom. The Labute approximate surface area is 211 Å². The van der Waals surface area contributed by atoms with Gasteiger partial charge in [-0.05, 0) is 43.9 Å². The number of piperazine rings is 1. The summed E-state index contributed by atoms with van der Waals surface area (Å²) < 4.78 is 6.13. The number of nitrogens with one attached hydrogen (secondary N) is 2. The monoisotopic (exact) mass is 558 g/mol. The fourth-order valence-electron chi connectivity index (χ4n) is 4.48. The summed E-state index contributed by atoms with van der Waals surface area (Å²) in [5.41, 5.74) is 1.28. The lowest BCUT2D eigenvalue weighted by molar-refractivity contribution is -0.0835. The van der Waals surface area contributed by atoms with Gasteiger partial charge in [-0.2, -0.15) is 0 Å². The first-order chi connectivity index (χ1) is 14.9. The summed E-state index contributed by atoms with van der Waals surface area (Å²) in [6.07, 6.45) is 4.58. The number of aliphatic imine (C=N–C) groups is 1. The fourth-order valence-corrected chi connectivity index (χ4v) is 4.48. The van der Waals surface area contributed by atoms with Crippen molar-refractivity contribution in [1.82, 2.24) is 20.5 Å². The molecule has 32 heavy (non-hydrogen) atoms. The Kier molecular flexibility index (Phi) is 11.0. The van der Waals surface area contributed by atoms with Crippen LogP contribution in [-0.4, -0.2) is 74.9 Å². The highest BCUT2D eigenvalue weighted by atomic mass is 127. The van der Waals surface area contributed by atoms with Gasteiger partial charge in [0.15, 0.2) is 5.96 Å². The maximum atomic E-state index is 6.13. The predicted octanol–water partition coefficient (Wildman–Crippen LogP) is 3.35. The lowest BCUT2D eigenvalue weighted by atomic mass is 9.78. The fraction of sp³-hybridized carbons (Fsp3) is 0.750. The van der Waals surface area contributed by atoms with Crippen molar-refractivity contribution in [3.8, 4) is 0 Å². The Balaban J connectivity index is 0.00000363. The number of nitrogens with zero attached hydrogens (tertiary/aromatic N) is 4. The molecule has 1 aromatic rings. The molecule has 0 aromatic carbocycles. The van der Waals surface area contributed by atoms with E-state index in [4.69, 9.17) is 9.73 Å². The molecule has 2 fully saturated rings. The first-order valence-corrected chi connectivity index (χ1v) is 11.9. The quantitative estimate of drug-likeness (QED) is 0.317. The molecule has 2 unspecified atom stereocenters. The van der Waals surface area contributed by atoms with Gasteiger partial charge in [-0.15, -0.1) is 24.0 Å². The topological polar surface area (TPSA) is 65.0 Å². The largest absolute Gasteiger partial charge is 0.377 e. The molecule has 8 heteroatoms. The van der Waals surface area contributed by atoms with E-state index in [0.717, 1.165) is 69.6 Å². The predicted molar refractivity (Wildman–Crippen MR) is 144 cm³/mol. The van der Waals surface area contributed by atoms with Gasteiger partial charge in [0.05, 0.1) is 12.6 Å². The second-order valence-electron chi connectivity index (χ2n) is 9.95. The van der Waals surface area contributed by atoms with E-state index in [0.29, 0.717) is 12.5 Å². The molecule has 2 aliphatic heterocycles. The zero-order chi connectivity index (χ0) is 22.3. The summed E-state index contributed by atoms with van der Waals surface area (Å²) >= 11 is 0. The second kappa shape index (κ2) is 12.9. The molecule has 3 heterocycles. The minimum Gasteiger partial charge on any atom is -0.377 e. The summed E-state index contributed by atoms with van der Waals surface area (Å²) in [4.78, 5) is 14.2. The van der Waals surface area contributed by atoms with E-state index < -0.39 is 0 Å². The van der Waals surface area contributed by atoms with Gasteiger partial charge in [0.1, 0.15) is 5.82 Å². The second-order valence-corrected chi connectivity index (χ2v) is 9.95. The van der Waals surface area contributed by atoms with E-state index in [1.165, 1.54) is 6.42 Å². The lowest BCUT2D eigenvalue weighted by Gasteiger charge is -2.40. The van der Waals surface area contributed by atoms with Crippen LogP contribution in [0.4, 0.5) is 5.82 Å². The number of aromatic nitrogens is 1. The molecule has 182 valence electrons. The number of guanidine groups is 1. The smallest absolute Gasteiger partial charge is 0.191 e. The van der Waals surface area contributed by atoms with E-state index in [1.54, 1.807) is 0 Å². The maximum Gasteiger partial charge on any atom is 0.191 e. The Morgan fingerprint density at radius 2 is 1.94 bits per heavy atom. The third-order valence-corrected chi connectivity index (χ3v) is 6.23.